The summed E-state index contributed by atoms with van der Waals surface area (Å²) >= 11 is 3.72. The molecule has 0 bridgehead atoms. The maximum Gasteiger partial charge on any atom is 4.00 e. The average Bonchev–Trinajstić information content (AvgIpc) is 2.66. The molecule has 0 amide bonds. The summed E-state index contributed by atoms with van der Waals surface area (Å²) in [6.07, 6.45) is 5.43. The van der Waals surface area contributed by atoms with Crippen LogP contribution in [0.25, 0.3) is 15.9 Å². The summed E-state index contributed by atoms with van der Waals surface area (Å²) in [7, 11) is 8.92. The van der Waals surface area contributed by atoms with Gasteiger partial charge >= 0.3 is 25.8 Å². The number of rotatable bonds is 3. The predicted octanol–water partition coefficient (Wildman–Crippen LogP) is 4.86. The number of hydrogen-bond acceptors (Lipinski definition) is 0. The van der Waals surface area contributed by atoms with Gasteiger partial charge in [0.15, 0.2) is 0 Å². The first-order chi connectivity index (χ1) is 8.06. The number of hydrogen-bond donors (Lipinski definition) is 0. The van der Waals surface area contributed by atoms with E-state index in [1.54, 1.807) is 28.2 Å². The molecule has 0 radical (unpaired) electrons. The number of halogens is 1. The van der Waals surface area contributed by atoms with Crippen LogP contribution in [0.2, 0.25) is 13.1 Å². The fourth-order valence-electron chi connectivity index (χ4n) is 1.80. The molecule has 112 valence electrons. The van der Waals surface area contributed by atoms with Gasteiger partial charge in [-0.2, -0.15) is 35.2 Å². The van der Waals surface area contributed by atoms with E-state index in [1.807, 2.05) is 7.05 Å². The monoisotopic (exact) mass is 499 g/mol. The smallest absolute Gasteiger partial charge is 0.689 e. The molecule has 1 aliphatic carbocycles. The van der Waals surface area contributed by atoms with Gasteiger partial charge in [0.1, 0.15) is 0 Å². The van der Waals surface area contributed by atoms with Crippen LogP contribution in [0.15, 0.2) is 0 Å². The Morgan fingerprint density at radius 3 is 1.74 bits per heavy atom. The van der Waals surface area contributed by atoms with Crippen molar-refractivity contribution >= 4 is 22.8 Å². The minimum Gasteiger partial charge on any atom is -0.689 e. The summed E-state index contributed by atoms with van der Waals surface area (Å²) < 4.78 is 0. The SMILES string of the molecule is C[N-]B(C)CC1CCCC1Br.C[N-]C.C[N-]C.[CH3-].[Hf+4]. The van der Waals surface area contributed by atoms with Crippen molar-refractivity contribution in [3.8, 4) is 0 Å². The zero-order valence-electron chi connectivity index (χ0n) is 13.8. The van der Waals surface area contributed by atoms with Gasteiger partial charge in [-0.1, -0.05) is 35.1 Å². The molecule has 1 saturated carbocycles. The molecule has 3 nitrogen and oxygen atoms in total. The summed E-state index contributed by atoms with van der Waals surface area (Å²) in [5, 5.41) is 11.3. The van der Waals surface area contributed by atoms with Gasteiger partial charge in [-0.3, -0.25) is 0 Å². The molecule has 6 heteroatoms. The van der Waals surface area contributed by atoms with Gasteiger partial charge in [-0.25, -0.2) is 0 Å². The van der Waals surface area contributed by atoms with Crippen LogP contribution in [0, 0.1) is 13.3 Å². The van der Waals surface area contributed by atoms with Gasteiger partial charge in [-0.15, -0.1) is 6.82 Å². The second-order valence-electron chi connectivity index (χ2n) is 4.44. The Morgan fingerprint density at radius 2 is 1.47 bits per heavy atom. The first-order valence-corrected chi connectivity index (χ1v) is 7.17. The Morgan fingerprint density at radius 1 is 1.05 bits per heavy atom. The van der Waals surface area contributed by atoms with Crippen LogP contribution in [0.1, 0.15) is 19.3 Å². The van der Waals surface area contributed by atoms with Gasteiger partial charge in [0.05, 0.1) is 0 Å². The van der Waals surface area contributed by atoms with Crippen molar-refractivity contribution in [3.05, 3.63) is 23.3 Å². The van der Waals surface area contributed by atoms with Gasteiger partial charge in [0.25, 0.3) is 0 Å². The van der Waals surface area contributed by atoms with Gasteiger partial charge in [-0.05, 0) is 12.3 Å². The molecule has 0 aromatic rings. The maximum absolute atomic E-state index is 4.27. The molecule has 1 fully saturated rings. The summed E-state index contributed by atoms with van der Waals surface area (Å²) in [6, 6.07) is 0. The molecule has 0 saturated heterocycles. The first-order valence-electron chi connectivity index (χ1n) is 6.26. The molecular formula is C13H31BBrHfN3. The van der Waals surface area contributed by atoms with E-state index in [0.717, 1.165) is 10.7 Å². The second kappa shape index (κ2) is 21.6. The minimum atomic E-state index is 0. The fourth-order valence-corrected chi connectivity index (χ4v) is 2.60. The van der Waals surface area contributed by atoms with E-state index in [2.05, 4.69) is 38.6 Å². The molecule has 19 heavy (non-hydrogen) atoms. The van der Waals surface area contributed by atoms with Crippen molar-refractivity contribution in [2.75, 3.05) is 35.2 Å². The summed E-state index contributed by atoms with van der Waals surface area (Å²) in [5.41, 5.74) is 0. The molecule has 2 unspecified atom stereocenters. The van der Waals surface area contributed by atoms with E-state index in [1.165, 1.54) is 25.6 Å². The van der Waals surface area contributed by atoms with Crippen LogP contribution in [0.3, 0.4) is 0 Å². The van der Waals surface area contributed by atoms with E-state index in [9.17, 15) is 0 Å². The Labute approximate surface area is 149 Å². The van der Waals surface area contributed by atoms with E-state index < -0.39 is 0 Å². The Bertz CT molecular complexity index is 154. The summed E-state index contributed by atoms with van der Waals surface area (Å²) in [6.45, 7) is 2.76. The third-order valence-corrected chi connectivity index (χ3v) is 3.86. The van der Waals surface area contributed by atoms with Crippen LogP contribution in [-0.2, 0) is 25.8 Å². The Kier molecular flexibility index (Phi) is 32.3. The fraction of sp³-hybridized carbons (Fsp3) is 0.923. The number of alkyl halides is 1. The van der Waals surface area contributed by atoms with Gasteiger partial charge in [0.2, 0.25) is 0 Å². The minimum absolute atomic E-state index is 0. The van der Waals surface area contributed by atoms with Crippen molar-refractivity contribution in [2.24, 2.45) is 5.92 Å². The normalized spacial score (nSPS) is 19.7. The topological polar surface area (TPSA) is 42.3 Å². The van der Waals surface area contributed by atoms with Crippen LogP contribution in [0.4, 0.5) is 0 Å². The third-order valence-electron chi connectivity index (χ3n) is 2.65. The quantitative estimate of drug-likeness (QED) is 0.303. The van der Waals surface area contributed by atoms with Crippen LogP contribution < -0.4 is 0 Å². The van der Waals surface area contributed by atoms with E-state index in [-0.39, 0.29) is 33.3 Å². The molecule has 0 heterocycles. The molecule has 1 rings (SSSR count). The van der Waals surface area contributed by atoms with Crippen LogP contribution in [0.5, 0.6) is 0 Å². The molecule has 0 aromatic heterocycles. The summed E-state index contributed by atoms with van der Waals surface area (Å²) in [4.78, 5) is 0.770. The van der Waals surface area contributed by atoms with Gasteiger partial charge in [0, 0.05) is 11.7 Å². The molecular weight excluding hydrogens is 467 g/mol. The van der Waals surface area contributed by atoms with E-state index >= 15 is 0 Å². The van der Waals surface area contributed by atoms with Crippen molar-refractivity contribution in [3.63, 3.8) is 0 Å². The zero-order chi connectivity index (χ0) is 13.7. The van der Waals surface area contributed by atoms with E-state index in [4.69, 9.17) is 0 Å². The molecule has 0 aliphatic heterocycles. The molecule has 0 spiro atoms. The molecule has 0 aromatic carbocycles. The predicted molar refractivity (Wildman–Crippen MR) is 92.6 cm³/mol. The zero-order valence-corrected chi connectivity index (χ0v) is 19.0. The van der Waals surface area contributed by atoms with Gasteiger partial charge < -0.3 is 23.3 Å². The Balaban J connectivity index is -0.000000122. The largest absolute Gasteiger partial charge is 4.00 e. The van der Waals surface area contributed by atoms with Crippen LogP contribution in [-0.4, -0.2) is 46.9 Å². The molecule has 0 N–H and O–H groups in total. The maximum atomic E-state index is 4.27. The first kappa shape index (κ1) is 28.5. The van der Waals surface area contributed by atoms with Crippen LogP contribution >= 0.6 is 15.9 Å². The summed E-state index contributed by atoms with van der Waals surface area (Å²) in [5.74, 6) is 0.883. The Hall–Kier alpha value is 1.30. The van der Waals surface area contributed by atoms with Crippen molar-refractivity contribution in [1.82, 2.24) is 0 Å². The molecule has 1 aliphatic rings. The molecule has 2 atom stereocenters. The van der Waals surface area contributed by atoms with E-state index in [0.29, 0.717) is 6.85 Å². The third kappa shape index (κ3) is 19.3. The van der Waals surface area contributed by atoms with Crippen molar-refractivity contribution in [1.29, 1.82) is 0 Å². The second-order valence-corrected chi connectivity index (χ2v) is 5.62. The standard InChI is InChI=1S/C8H16BBrN.2C2H6N.CH3.Hf/c1-9(11-2)6-7-4-3-5-8(7)10;2*1-3-2;;/h7-8H,3-6H2,1-2H3;2*1-2H3;1H3;/q4*-1;+4. The van der Waals surface area contributed by atoms with Crippen molar-refractivity contribution < 1.29 is 25.8 Å². The van der Waals surface area contributed by atoms with Crippen molar-refractivity contribution in [2.45, 2.75) is 37.2 Å². The average molecular weight is 499 g/mol. The number of nitrogens with zero attached hydrogens (tertiary/aromatic N) is 3.